The van der Waals surface area contributed by atoms with E-state index in [0.717, 1.165) is 29.7 Å². The van der Waals surface area contributed by atoms with E-state index in [0.29, 0.717) is 10.9 Å². The molecule has 0 aromatic heterocycles. The highest BCUT2D eigenvalue weighted by atomic mass is 19.1. The summed E-state index contributed by atoms with van der Waals surface area (Å²) < 4.78 is 76.2. The maximum Gasteiger partial charge on any atom is 0.142 e. The lowest BCUT2D eigenvalue weighted by atomic mass is 10.00. The summed E-state index contributed by atoms with van der Waals surface area (Å²) in [5.74, 6) is 0.718. The molecule has 0 aliphatic rings. The number of fused-ring (bicyclic) bond motifs is 1. The van der Waals surface area contributed by atoms with E-state index in [1.54, 1.807) is 24.3 Å². The van der Waals surface area contributed by atoms with E-state index >= 15 is 0 Å². The summed E-state index contributed by atoms with van der Waals surface area (Å²) in [7, 11) is 1.38. The van der Waals surface area contributed by atoms with Crippen LogP contribution in [0.1, 0.15) is 16.7 Å². The second-order valence-electron chi connectivity index (χ2n) is 7.14. The fourth-order valence-electron chi connectivity index (χ4n) is 3.42. The van der Waals surface area contributed by atoms with Gasteiger partial charge < -0.3 is 4.74 Å². The van der Waals surface area contributed by atoms with Crippen LogP contribution in [-0.4, -0.2) is 7.11 Å². The van der Waals surface area contributed by atoms with Crippen LogP contribution in [0.25, 0.3) is 21.9 Å². The van der Waals surface area contributed by atoms with Crippen LogP contribution in [0.5, 0.6) is 0 Å². The first-order valence-electron chi connectivity index (χ1n) is 9.53. The largest absolute Gasteiger partial charge is 0.380 e. The maximum atomic E-state index is 14.6. The Labute approximate surface area is 181 Å². The second kappa shape index (κ2) is 8.81. The highest BCUT2D eigenvalue weighted by Gasteiger charge is 2.17. The summed E-state index contributed by atoms with van der Waals surface area (Å²) in [6.07, 6.45) is 0. The summed E-state index contributed by atoms with van der Waals surface area (Å²) in [5.41, 5.74) is -0.614. The lowest BCUT2D eigenvalue weighted by Crippen LogP contribution is -1.98. The minimum Gasteiger partial charge on any atom is -0.380 e. The number of hydrogen-bond donors (Lipinski definition) is 0. The van der Waals surface area contributed by atoms with Gasteiger partial charge in [0.25, 0.3) is 0 Å². The van der Waals surface area contributed by atoms with Gasteiger partial charge in [-0.05, 0) is 70.4 Å². The molecule has 0 aliphatic heterocycles. The van der Waals surface area contributed by atoms with E-state index in [1.807, 2.05) is 0 Å². The van der Waals surface area contributed by atoms with Crippen LogP contribution >= 0.6 is 0 Å². The van der Waals surface area contributed by atoms with Gasteiger partial charge in [-0.15, -0.1) is 0 Å². The van der Waals surface area contributed by atoms with E-state index in [2.05, 4.69) is 11.8 Å². The van der Waals surface area contributed by atoms with Crippen molar-refractivity contribution in [2.75, 3.05) is 7.11 Å². The first kappa shape index (κ1) is 21.5. The number of methoxy groups -OCH3 is 1. The van der Waals surface area contributed by atoms with Crippen molar-refractivity contribution in [1.29, 1.82) is 0 Å². The molecule has 1 nitrogen and oxygen atoms in total. The Hall–Kier alpha value is -3.69. The Kier molecular flexibility index (Phi) is 5.93. The van der Waals surface area contributed by atoms with E-state index in [4.69, 9.17) is 4.74 Å². The van der Waals surface area contributed by atoms with E-state index in [-0.39, 0.29) is 23.6 Å². The van der Waals surface area contributed by atoms with Gasteiger partial charge in [0.05, 0.1) is 17.7 Å². The second-order valence-corrected chi connectivity index (χ2v) is 7.14. The van der Waals surface area contributed by atoms with Crippen molar-refractivity contribution < 1.29 is 26.7 Å². The van der Waals surface area contributed by atoms with Crippen LogP contribution in [-0.2, 0) is 11.3 Å². The fraction of sp³-hybridized carbons (Fsp3) is 0.0769. The van der Waals surface area contributed by atoms with Crippen molar-refractivity contribution in [1.82, 2.24) is 0 Å². The Balaban J connectivity index is 1.70. The molecule has 0 aliphatic carbocycles. The third kappa shape index (κ3) is 4.34. The molecule has 0 amide bonds. The van der Waals surface area contributed by atoms with Crippen molar-refractivity contribution in [3.05, 3.63) is 106 Å². The number of halogens is 5. The van der Waals surface area contributed by atoms with E-state index < -0.39 is 34.4 Å². The molecule has 0 saturated heterocycles. The number of rotatable bonds is 3. The van der Waals surface area contributed by atoms with Crippen molar-refractivity contribution in [2.24, 2.45) is 0 Å². The summed E-state index contributed by atoms with van der Waals surface area (Å²) in [6, 6.07) is 12.9. The van der Waals surface area contributed by atoms with Gasteiger partial charge in [0, 0.05) is 12.7 Å². The molecule has 0 spiro atoms. The van der Waals surface area contributed by atoms with Gasteiger partial charge in [-0.3, -0.25) is 0 Å². The van der Waals surface area contributed by atoms with Crippen LogP contribution < -0.4 is 0 Å². The van der Waals surface area contributed by atoms with Gasteiger partial charge in [-0.2, -0.15) is 0 Å². The topological polar surface area (TPSA) is 9.23 Å². The molecule has 4 rings (SSSR count). The van der Waals surface area contributed by atoms with Crippen LogP contribution in [0, 0.1) is 40.9 Å². The normalized spacial score (nSPS) is 10.8. The Morgan fingerprint density at radius 1 is 0.688 bits per heavy atom. The molecule has 4 aromatic rings. The van der Waals surface area contributed by atoms with Gasteiger partial charge in [-0.25, -0.2) is 22.0 Å². The predicted octanol–water partition coefficient (Wildman–Crippen LogP) is 6.75. The molecule has 0 radical (unpaired) electrons. The van der Waals surface area contributed by atoms with Crippen molar-refractivity contribution in [3.63, 3.8) is 0 Å². The van der Waals surface area contributed by atoms with Crippen molar-refractivity contribution >= 4 is 10.8 Å². The molecule has 0 N–H and O–H groups in total. The van der Waals surface area contributed by atoms with Gasteiger partial charge in [0.2, 0.25) is 0 Å². The molecular formula is C26H15F5O. The Morgan fingerprint density at radius 3 is 1.97 bits per heavy atom. The van der Waals surface area contributed by atoms with Crippen LogP contribution in [0.4, 0.5) is 22.0 Å². The summed E-state index contributed by atoms with van der Waals surface area (Å²) in [5, 5.41) is 1.38. The first-order valence-corrected chi connectivity index (χ1v) is 9.53. The smallest absolute Gasteiger partial charge is 0.142 e. The summed E-state index contributed by atoms with van der Waals surface area (Å²) in [6.45, 7) is -0.00488. The van der Waals surface area contributed by atoms with Crippen molar-refractivity contribution in [2.45, 2.75) is 6.61 Å². The predicted molar refractivity (Wildman–Crippen MR) is 112 cm³/mol. The SMILES string of the molecule is COCc1cc(F)c(-c2cc(F)c(C#Cc3ccc4cc(F)ccc4c3)c(F)c2)c(F)c1. The molecule has 0 fully saturated rings. The Morgan fingerprint density at radius 2 is 1.31 bits per heavy atom. The molecule has 4 aromatic carbocycles. The molecule has 0 saturated carbocycles. The van der Waals surface area contributed by atoms with Gasteiger partial charge in [0.1, 0.15) is 29.1 Å². The first-order chi connectivity index (χ1) is 15.4. The average Bonchev–Trinajstić information content (AvgIpc) is 2.73. The molecule has 32 heavy (non-hydrogen) atoms. The Bertz CT molecular complexity index is 1350. The summed E-state index contributed by atoms with van der Waals surface area (Å²) in [4.78, 5) is 0. The molecule has 0 bridgehead atoms. The highest BCUT2D eigenvalue weighted by molar-refractivity contribution is 5.84. The number of ether oxygens (including phenoxy) is 1. The monoisotopic (exact) mass is 438 g/mol. The van der Waals surface area contributed by atoms with E-state index in [9.17, 15) is 22.0 Å². The zero-order valence-electron chi connectivity index (χ0n) is 16.8. The number of benzene rings is 4. The molecular weight excluding hydrogens is 423 g/mol. The zero-order chi connectivity index (χ0) is 22.8. The highest BCUT2D eigenvalue weighted by Crippen LogP contribution is 2.30. The maximum absolute atomic E-state index is 14.6. The molecule has 160 valence electrons. The van der Waals surface area contributed by atoms with Crippen LogP contribution in [0.2, 0.25) is 0 Å². The third-order valence-electron chi connectivity index (χ3n) is 4.88. The number of hydrogen-bond acceptors (Lipinski definition) is 1. The minimum absolute atomic E-state index is 0.00488. The molecule has 0 atom stereocenters. The minimum atomic E-state index is -1.05. The quantitative estimate of drug-likeness (QED) is 0.254. The fourth-order valence-corrected chi connectivity index (χ4v) is 3.42. The average molecular weight is 438 g/mol. The van der Waals surface area contributed by atoms with Crippen LogP contribution in [0.3, 0.4) is 0 Å². The van der Waals surface area contributed by atoms with Crippen LogP contribution in [0.15, 0.2) is 60.7 Å². The third-order valence-corrected chi connectivity index (χ3v) is 4.88. The lowest BCUT2D eigenvalue weighted by Gasteiger charge is -2.09. The van der Waals surface area contributed by atoms with Gasteiger partial charge in [0.15, 0.2) is 0 Å². The van der Waals surface area contributed by atoms with E-state index in [1.165, 1.54) is 19.2 Å². The molecule has 6 heteroatoms. The molecule has 0 heterocycles. The lowest BCUT2D eigenvalue weighted by molar-refractivity contribution is 0.184. The standard InChI is InChI=1S/C26H15F5O/c1-32-14-16-9-24(30)26(25(31)10-16)19-12-22(28)21(23(29)13-19)7-3-15-2-4-18-11-20(27)6-5-17(18)8-15/h2,4-6,8-13H,14H2,1H3. The van der Waals surface area contributed by atoms with Gasteiger partial charge >= 0.3 is 0 Å². The molecule has 0 unspecified atom stereocenters. The summed E-state index contributed by atoms with van der Waals surface area (Å²) >= 11 is 0. The zero-order valence-corrected chi connectivity index (χ0v) is 16.8. The van der Waals surface area contributed by atoms with Gasteiger partial charge in [-0.1, -0.05) is 24.0 Å². The van der Waals surface area contributed by atoms with Crippen molar-refractivity contribution in [3.8, 4) is 23.0 Å².